The zero-order valence-corrected chi connectivity index (χ0v) is 11.1. The molecule has 0 aliphatic carbocycles. The van der Waals surface area contributed by atoms with Crippen LogP contribution in [0.15, 0.2) is 54.6 Å². The van der Waals surface area contributed by atoms with Gasteiger partial charge < -0.3 is 0 Å². The van der Waals surface area contributed by atoms with Crippen molar-refractivity contribution < 1.29 is 0 Å². The van der Waals surface area contributed by atoms with Gasteiger partial charge in [0, 0.05) is 5.38 Å². The van der Waals surface area contributed by atoms with E-state index in [-0.39, 0.29) is 5.38 Å². The second-order valence-electron chi connectivity index (χ2n) is 4.78. The fourth-order valence-corrected chi connectivity index (χ4v) is 2.76. The zero-order chi connectivity index (χ0) is 12.5. The lowest BCUT2D eigenvalue weighted by molar-refractivity contribution is 0.946. The van der Waals surface area contributed by atoms with Crippen LogP contribution in [0.1, 0.15) is 12.5 Å². The van der Waals surface area contributed by atoms with Gasteiger partial charge in [0.25, 0.3) is 0 Å². The second kappa shape index (κ2) is 4.62. The molecule has 0 spiro atoms. The van der Waals surface area contributed by atoms with Gasteiger partial charge in [-0.3, -0.25) is 0 Å². The van der Waals surface area contributed by atoms with Gasteiger partial charge in [0.05, 0.1) is 0 Å². The molecule has 0 radical (unpaired) electrons. The number of halogens is 1. The van der Waals surface area contributed by atoms with Crippen LogP contribution in [-0.4, -0.2) is 5.38 Å². The smallest absolute Gasteiger partial charge is 0.0348 e. The molecule has 0 nitrogen and oxygen atoms in total. The molecule has 0 fully saturated rings. The van der Waals surface area contributed by atoms with E-state index in [0.29, 0.717) is 0 Å². The molecule has 3 rings (SSSR count). The third-order valence-corrected chi connectivity index (χ3v) is 3.52. The summed E-state index contributed by atoms with van der Waals surface area (Å²) in [5.41, 5.74) is 1.37. The first-order valence-electron chi connectivity index (χ1n) is 6.29. The van der Waals surface area contributed by atoms with Gasteiger partial charge >= 0.3 is 0 Å². The van der Waals surface area contributed by atoms with Gasteiger partial charge in [-0.25, -0.2) is 0 Å². The van der Waals surface area contributed by atoms with Gasteiger partial charge in [0.1, 0.15) is 0 Å². The lowest BCUT2D eigenvalue weighted by Gasteiger charge is -2.12. The van der Waals surface area contributed by atoms with Gasteiger partial charge in [-0.2, -0.15) is 0 Å². The van der Waals surface area contributed by atoms with Crippen molar-refractivity contribution in [3.8, 4) is 0 Å². The van der Waals surface area contributed by atoms with E-state index in [9.17, 15) is 0 Å². The molecule has 1 atom stereocenters. The van der Waals surface area contributed by atoms with Crippen molar-refractivity contribution in [2.75, 3.05) is 0 Å². The highest BCUT2D eigenvalue weighted by Gasteiger charge is 2.09. The van der Waals surface area contributed by atoms with Crippen molar-refractivity contribution >= 4 is 33.1 Å². The number of benzene rings is 3. The summed E-state index contributed by atoms with van der Waals surface area (Å²) in [6.07, 6.45) is 0.906. The van der Waals surface area contributed by atoms with Crippen molar-refractivity contribution in [1.29, 1.82) is 0 Å². The Bertz CT molecular complexity index is 644. The first kappa shape index (κ1) is 11.6. The van der Waals surface area contributed by atoms with Gasteiger partial charge in [0.15, 0.2) is 0 Å². The lowest BCUT2D eigenvalue weighted by atomic mass is 9.94. The van der Waals surface area contributed by atoms with E-state index < -0.39 is 0 Å². The molecule has 0 aliphatic heterocycles. The molecular weight excluding hydrogens is 240 g/mol. The third kappa shape index (κ3) is 1.97. The maximum absolute atomic E-state index is 6.21. The van der Waals surface area contributed by atoms with Crippen LogP contribution in [0.4, 0.5) is 0 Å². The minimum Gasteiger partial charge on any atom is -0.123 e. The van der Waals surface area contributed by atoms with E-state index in [1.807, 2.05) is 0 Å². The molecule has 3 aromatic rings. The Labute approximate surface area is 112 Å². The molecule has 18 heavy (non-hydrogen) atoms. The van der Waals surface area contributed by atoms with Gasteiger partial charge in [-0.1, -0.05) is 48.5 Å². The Balaban J connectivity index is 2.41. The van der Waals surface area contributed by atoms with Crippen LogP contribution in [0.5, 0.6) is 0 Å². The molecule has 0 saturated carbocycles. The van der Waals surface area contributed by atoms with Crippen molar-refractivity contribution in [2.45, 2.75) is 18.7 Å². The molecular formula is C17H15Cl. The number of hydrogen-bond acceptors (Lipinski definition) is 0. The highest BCUT2D eigenvalue weighted by molar-refractivity contribution is 6.20. The first-order chi connectivity index (χ1) is 8.75. The molecule has 0 saturated heterocycles. The summed E-state index contributed by atoms with van der Waals surface area (Å²) in [4.78, 5) is 0. The minimum atomic E-state index is 0.152. The molecule has 0 N–H and O–H groups in total. The normalized spacial score (nSPS) is 13.0. The van der Waals surface area contributed by atoms with E-state index in [0.717, 1.165) is 6.42 Å². The van der Waals surface area contributed by atoms with E-state index >= 15 is 0 Å². The van der Waals surface area contributed by atoms with Crippen LogP contribution >= 0.6 is 11.6 Å². The van der Waals surface area contributed by atoms with Crippen LogP contribution < -0.4 is 0 Å². The number of fused-ring (bicyclic) bond motifs is 2. The molecule has 1 unspecified atom stereocenters. The van der Waals surface area contributed by atoms with Crippen LogP contribution in [0.3, 0.4) is 0 Å². The Morgan fingerprint density at radius 2 is 1.39 bits per heavy atom. The van der Waals surface area contributed by atoms with Gasteiger partial charge in [-0.05, 0) is 46.5 Å². The Kier molecular flexibility index (Phi) is 2.97. The Morgan fingerprint density at radius 3 is 1.89 bits per heavy atom. The molecule has 1 heteroatoms. The Hall–Kier alpha value is -1.53. The van der Waals surface area contributed by atoms with Gasteiger partial charge in [-0.15, -0.1) is 11.6 Å². The summed E-state index contributed by atoms with van der Waals surface area (Å²) in [7, 11) is 0. The highest BCUT2D eigenvalue weighted by atomic mass is 35.5. The van der Waals surface area contributed by atoms with Crippen LogP contribution in [0.25, 0.3) is 21.5 Å². The average molecular weight is 255 g/mol. The average Bonchev–Trinajstić information content (AvgIpc) is 2.38. The van der Waals surface area contributed by atoms with Crippen molar-refractivity contribution in [3.63, 3.8) is 0 Å². The number of rotatable bonds is 2. The molecule has 0 bridgehead atoms. The van der Waals surface area contributed by atoms with Crippen LogP contribution in [-0.2, 0) is 6.42 Å². The number of hydrogen-bond donors (Lipinski definition) is 0. The summed E-state index contributed by atoms with van der Waals surface area (Å²) in [5.74, 6) is 0. The first-order valence-corrected chi connectivity index (χ1v) is 6.73. The SMILES string of the molecule is CC(Cl)Cc1c2ccccc2cc2ccccc12. The fourth-order valence-electron chi connectivity index (χ4n) is 2.61. The van der Waals surface area contributed by atoms with Crippen molar-refractivity contribution in [2.24, 2.45) is 0 Å². The second-order valence-corrected chi connectivity index (χ2v) is 5.53. The van der Waals surface area contributed by atoms with Crippen molar-refractivity contribution in [1.82, 2.24) is 0 Å². The quantitative estimate of drug-likeness (QED) is 0.438. The van der Waals surface area contributed by atoms with E-state index in [2.05, 4.69) is 61.5 Å². The molecule has 0 aliphatic rings. The topological polar surface area (TPSA) is 0 Å². The molecule has 0 aromatic heterocycles. The molecule has 3 aromatic carbocycles. The predicted molar refractivity (Wildman–Crippen MR) is 80.5 cm³/mol. The van der Waals surface area contributed by atoms with Crippen LogP contribution in [0, 0.1) is 0 Å². The van der Waals surface area contributed by atoms with Gasteiger partial charge in [0.2, 0.25) is 0 Å². The van der Waals surface area contributed by atoms with Crippen molar-refractivity contribution in [3.05, 3.63) is 60.2 Å². The third-order valence-electron chi connectivity index (χ3n) is 3.37. The van der Waals surface area contributed by atoms with Crippen LogP contribution in [0.2, 0.25) is 0 Å². The summed E-state index contributed by atoms with van der Waals surface area (Å²) in [6.45, 7) is 2.05. The monoisotopic (exact) mass is 254 g/mol. The van der Waals surface area contributed by atoms with E-state index in [1.54, 1.807) is 0 Å². The lowest BCUT2D eigenvalue weighted by Crippen LogP contribution is -1.99. The summed E-state index contributed by atoms with van der Waals surface area (Å²) < 4.78 is 0. The summed E-state index contributed by atoms with van der Waals surface area (Å²) in [6, 6.07) is 19.4. The Morgan fingerprint density at radius 1 is 0.889 bits per heavy atom. The summed E-state index contributed by atoms with van der Waals surface area (Å²) in [5, 5.41) is 5.39. The molecule has 0 heterocycles. The zero-order valence-electron chi connectivity index (χ0n) is 10.4. The number of alkyl halides is 1. The fraction of sp³-hybridized carbons (Fsp3) is 0.176. The molecule has 0 amide bonds. The van der Waals surface area contributed by atoms with E-state index in [4.69, 9.17) is 11.6 Å². The standard InChI is InChI=1S/C17H15Cl/c1-12(18)10-17-15-8-4-2-6-13(15)11-14-7-3-5-9-16(14)17/h2-9,11-12H,10H2,1H3. The van der Waals surface area contributed by atoms with E-state index in [1.165, 1.54) is 27.1 Å². The minimum absolute atomic E-state index is 0.152. The maximum atomic E-state index is 6.21. The largest absolute Gasteiger partial charge is 0.123 e. The highest BCUT2D eigenvalue weighted by Crippen LogP contribution is 2.29. The summed E-state index contributed by atoms with van der Waals surface area (Å²) >= 11 is 6.21. The predicted octanol–water partition coefficient (Wildman–Crippen LogP) is 5.16. The molecule has 90 valence electrons. The maximum Gasteiger partial charge on any atom is 0.0348 e.